The number of hydrogen-bond acceptors (Lipinski definition) is 23. The number of carboxylic acid groups (broad SMARTS) is 2. The highest BCUT2D eigenvalue weighted by Gasteiger charge is 2.35. The molecular weight excluding hydrogens is 1410 g/mol. The Kier molecular flexibility index (Phi) is 47.0. The van der Waals surface area contributed by atoms with E-state index in [0.29, 0.717) is 6.61 Å². The van der Waals surface area contributed by atoms with Crippen molar-refractivity contribution in [3.05, 3.63) is 108 Å². The Hall–Kier alpha value is -9.37. The van der Waals surface area contributed by atoms with Gasteiger partial charge in [-0.2, -0.15) is 0 Å². The first-order valence-electron chi connectivity index (χ1n) is 33.4. The van der Waals surface area contributed by atoms with Crippen molar-refractivity contribution in [1.29, 1.82) is 0 Å². The first kappa shape index (κ1) is 101. The number of hydrogen-bond donors (Lipinski definition) is 5. The van der Waals surface area contributed by atoms with Gasteiger partial charge in [-0.25, -0.2) is 38.4 Å². The number of amides is 7. The van der Waals surface area contributed by atoms with Gasteiger partial charge in [-0.1, -0.05) is 91.0 Å². The van der Waals surface area contributed by atoms with E-state index < -0.39 is 143 Å². The molecule has 0 bridgehead atoms. The summed E-state index contributed by atoms with van der Waals surface area (Å²) in [5.74, 6) is -5.42. The van der Waals surface area contributed by atoms with Crippen LogP contribution in [0, 0.1) is 0 Å². The molecule has 0 spiro atoms. The molecule has 0 aromatic heterocycles. The Morgan fingerprint density at radius 3 is 0.858 bits per heavy atom. The van der Waals surface area contributed by atoms with Crippen LogP contribution >= 0.6 is 12.4 Å². The second-order valence-electron chi connectivity index (χ2n) is 27.7. The normalized spacial score (nSPS) is 13.1. The highest BCUT2D eigenvalue weighted by molar-refractivity contribution is 5.93. The number of methoxy groups -OCH3 is 3. The number of halogens is 1. The number of likely N-dealkylation sites (N-methyl/N-ethyl adjacent to an activating group) is 5. The van der Waals surface area contributed by atoms with Gasteiger partial charge in [0.25, 0.3) is 0 Å². The second-order valence-corrected chi connectivity index (χ2v) is 27.7. The monoisotopic (exact) mass is 1520 g/mol. The number of nitrogens with two attached hydrogens (primary N) is 1. The lowest BCUT2D eigenvalue weighted by atomic mass is 10.2. The van der Waals surface area contributed by atoms with Gasteiger partial charge in [0, 0.05) is 35.2 Å². The van der Waals surface area contributed by atoms with Crippen LogP contribution in [0.25, 0.3) is 0 Å². The summed E-state index contributed by atoms with van der Waals surface area (Å²) in [6.07, 6.45) is -2.55. The summed E-state index contributed by atoms with van der Waals surface area (Å²) >= 11 is 0. The van der Waals surface area contributed by atoms with E-state index in [1.54, 1.807) is 96.9 Å². The maximum Gasteiger partial charge on any atom is 0.410 e. The van der Waals surface area contributed by atoms with Crippen molar-refractivity contribution in [2.24, 2.45) is 5.73 Å². The molecule has 0 aliphatic carbocycles. The van der Waals surface area contributed by atoms with Crippen LogP contribution < -0.4 is 16.4 Å². The molecule has 0 saturated heterocycles. The van der Waals surface area contributed by atoms with Gasteiger partial charge in [0.1, 0.15) is 58.7 Å². The van der Waals surface area contributed by atoms with Crippen molar-refractivity contribution < 1.29 is 115 Å². The van der Waals surface area contributed by atoms with Crippen LogP contribution in [0.4, 0.5) is 19.2 Å². The topological polar surface area (TPSA) is 404 Å². The van der Waals surface area contributed by atoms with Gasteiger partial charge in [-0.05, 0) is 134 Å². The van der Waals surface area contributed by atoms with Crippen LogP contribution in [0.3, 0.4) is 0 Å². The van der Waals surface area contributed by atoms with Gasteiger partial charge < -0.3 is 78.8 Å². The van der Waals surface area contributed by atoms with Crippen LogP contribution in [-0.4, -0.2) is 254 Å². The van der Waals surface area contributed by atoms with E-state index >= 15 is 0 Å². The smallest absolute Gasteiger partial charge is 0.410 e. The first-order valence-corrected chi connectivity index (χ1v) is 33.4. The Morgan fingerprint density at radius 1 is 0.377 bits per heavy atom. The predicted molar refractivity (Wildman–Crippen MR) is 395 cm³/mol. The van der Waals surface area contributed by atoms with E-state index in [9.17, 15) is 57.5 Å². The van der Waals surface area contributed by atoms with Crippen LogP contribution in [-0.2, 0) is 106 Å². The first-order chi connectivity index (χ1) is 48.4. The minimum Gasteiger partial charge on any atom is -0.480 e. The van der Waals surface area contributed by atoms with Gasteiger partial charge in [0.2, 0.25) is 17.7 Å². The number of carboxylic acids is 2. The molecule has 0 radical (unpaired) electrons. The molecule has 0 saturated carbocycles. The Balaban J connectivity index is -0.00000132. The predicted octanol–water partition coefficient (Wildman–Crippen LogP) is 7.86. The van der Waals surface area contributed by atoms with Gasteiger partial charge in [0.15, 0.2) is 12.1 Å². The van der Waals surface area contributed by atoms with Gasteiger partial charge in [-0.3, -0.25) is 38.8 Å². The Bertz CT molecular complexity index is 3130. The van der Waals surface area contributed by atoms with E-state index in [1.165, 1.54) is 92.0 Å². The molecule has 3 rings (SSSR count). The molecule has 33 heteroatoms. The fourth-order valence-corrected chi connectivity index (χ4v) is 7.34. The number of esters is 3. The molecule has 0 aliphatic rings. The van der Waals surface area contributed by atoms with Crippen LogP contribution in [0.5, 0.6) is 0 Å². The average molecular weight is 1530 g/mol. The molecule has 3 aromatic rings. The van der Waals surface area contributed by atoms with E-state index in [2.05, 4.69) is 15.4 Å². The van der Waals surface area contributed by atoms with Gasteiger partial charge in [-0.15, -0.1) is 12.4 Å². The lowest BCUT2D eigenvalue weighted by molar-refractivity contribution is -0.148. The molecule has 6 N–H and O–H groups in total. The zero-order valence-electron chi connectivity index (χ0n) is 66.1. The molecule has 0 aliphatic heterocycles. The summed E-state index contributed by atoms with van der Waals surface area (Å²) < 4.78 is 50.9. The third-order valence-electron chi connectivity index (χ3n) is 14.1. The zero-order valence-corrected chi connectivity index (χ0v) is 66.9. The van der Waals surface area contributed by atoms with Crippen molar-refractivity contribution in [2.45, 2.75) is 208 Å². The number of nitrogens with one attached hydrogen (secondary N) is 2. The number of nitrogens with zero attached hydrogens (tertiary/aromatic N) is 5. The fraction of sp³-hybridized carbons (Fsp3) is 0.589. The summed E-state index contributed by atoms with van der Waals surface area (Å²) in [6.45, 7) is 29.2. The largest absolute Gasteiger partial charge is 0.480 e. The maximum absolute atomic E-state index is 12.9. The van der Waals surface area contributed by atoms with Crippen molar-refractivity contribution >= 4 is 84.3 Å². The number of carbonyl (C=O) groups is 12. The van der Waals surface area contributed by atoms with Crippen molar-refractivity contribution in [2.75, 3.05) is 76.4 Å². The fourth-order valence-electron chi connectivity index (χ4n) is 7.34. The van der Waals surface area contributed by atoms with Crippen LogP contribution in [0.1, 0.15) is 134 Å². The molecule has 8 atom stereocenters. The number of rotatable bonds is 27. The van der Waals surface area contributed by atoms with E-state index in [4.69, 9.17) is 58.6 Å². The standard InChI is InChI=1S/C24H37N3O7.C20H30N2O6.C11H15NO3.2C9H17NO4.ClH/c1-16(26(6)21(29)17(2)27(7)23(31)34-24(3,4)5)20(28)25-19(22(30)32-8)15-33-14-18-12-10-9-11-13-18;1-14(22(5)19(25)28-20(2,3)4)17(23)21-16(18(24)26-6)13-27-12-15-10-8-7-9-11-15;1-14-11(13)10(12)8-15-7-9-5-3-2-4-6-9;2*1-6(7(11)12)10(5)8(13)14-9(2,3)4;/h9-13,16-17,19H,14-15H2,1-8H3,(H,25,28);7-11,14,16H,12-13H2,1-6H3,(H,21,23);2-6,10H,7-8,12H2,1H3;2*6H,1-5H3,(H,11,12);1H/t16-,17+,19-;14-,16-;10-;2*6-;/m11110./s1. The summed E-state index contributed by atoms with van der Waals surface area (Å²) in [7, 11) is 10.9. The minimum atomic E-state index is -1.06. The molecule has 0 fully saturated rings. The third-order valence-corrected chi connectivity index (χ3v) is 14.1. The van der Waals surface area contributed by atoms with Crippen molar-refractivity contribution in [3.63, 3.8) is 0 Å². The number of carbonyl (C=O) groups excluding carboxylic acids is 10. The molecule has 0 heterocycles. The second kappa shape index (κ2) is 49.4. The highest BCUT2D eigenvalue weighted by atomic mass is 35.5. The molecule has 0 unspecified atom stereocenters. The summed E-state index contributed by atoms with van der Waals surface area (Å²) in [4.78, 5) is 147. The zero-order chi connectivity index (χ0) is 81.5. The van der Waals surface area contributed by atoms with Crippen LogP contribution in [0.15, 0.2) is 91.0 Å². The molecule has 106 heavy (non-hydrogen) atoms. The summed E-state index contributed by atoms with van der Waals surface area (Å²) in [6, 6.07) is 21.3. The van der Waals surface area contributed by atoms with Crippen LogP contribution in [0.2, 0.25) is 0 Å². The number of ether oxygens (including phenoxy) is 10. The van der Waals surface area contributed by atoms with Gasteiger partial charge in [0.05, 0.1) is 61.0 Å². The maximum atomic E-state index is 12.9. The van der Waals surface area contributed by atoms with Gasteiger partial charge >= 0.3 is 54.2 Å². The van der Waals surface area contributed by atoms with Crippen molar-refractivity contribution in [3.8, 4) is 0 Å². The lowest BCUT2D eigenvalue weighted by Crippen LogP contribution is -2.55. The Labute approximate surface area is 630 Å². The van der Waals surface area contributed by atoms with Crippen molar-refractivity contribution in [1.82, 2.24) is 35.1 Å². The molecule has 3 aromatic carbocycles. The quantitative estimate of drug-likeness (QED) is 0.0358. The number of benzene rings is 3. The third kappa shape index (κ3) is 43.2. The lowest BCUT2D eigenvalue weighted by Gasteiger charge is -2.32. The summed E-state index contributed by atoms with van der Waals surface area (Å²) in [5.41, 5.74) is 5.80. The Morgan fingerprint density at radius 2 is 0.613 bits per heavy atom. The van der Waals surface area contributed by atoms with E-state index in [1.807, 2.05) is 91.0 Å². The van der Waals surface area contributed by atoms with E-state index in [-0.39, 0.29) is 45.4 Å². The summed E-state index contributed by atoms with van der Waals surface area (Å²) in [5, 5.41) is 22.4. The minimum absolute atomic E-state index is 0. The SMILES string of the molecule is COC(=O)[C@@H](COCc1ccccc1)NC(=O)[C@@H](C)N(C)C(=O)OC(C)(C)C.COC(=O)[C@@H](COCc1ccccc1)NC(=O)[C@@H](C)N(C)C(=O)[C@H](C)N(C)C(=O)OC(C)(C)C.COC(=O)[C@H](N)COCc1ccccc1.C[C@@H](C(=O)O)N(C)C(=O)OC(C)(C)C.C[C@H](C(=O)O)N(C)C(=O)OC(C)(C)C.Cl. The van der Waals surface area contributed by atoms with E-state index in [0.717, 1.165) is 26.5 Å². The number of aliphatic carboxylic acids is 2. The molecular formula is C73H117ClN8O24. The molecule has 600 valence electrons. The molecule has 32 nitrogen and oxygen atoms in total. The average Bonchev–Trinajstić information content (AvgIpc) is 0.857. The highest BCUT2D eigenvalue weighted by Crippen LogP contribution is 2.16. The molecule has 7 amide bonds.